The minimum atomic E-state index is -0.855. The maximum Gasteiger partial charge on any atom is 0.303 e. The van der Waals surface area contributed by atoms with E-state index in [9.17, 15) is 20.1 Å². The van der Waals surface area contributed by atoms with Gasteiger partial charge in [-0.15, -0.1) is 0 Å². The first-order valence-corrected chi connectivity index (χ1v) is 10.2. The fourth-order valence-electron chi connectivity index (χ4n) is 3.50. The first-order valence-electron chi connectivity index (χ1n) is 9.84. The predicted molar refractivity (Wildman–Crippen MR) is 111 cm³/mol. The Kier molecular flexibility index (Phi) is 9.67. The number of hydrogen-bond acceptors (Lipinski definition) is 5. The predicted octanol–water partition coefficient (Wildman–Crippen LogP) is 3.20. The summed E-state index contributed by atoms with van der Waals surface area (Å²) in [5.41, 5.74) is 0. The Morgan fingerprint density at radius 1 is 1.28 bits per heavy atom. The number of allylic oxidation sites excluding steroid dienone is 2. The van der Waals surface area contributed by atoms with Crippen LogP contribution in [0.2, 0.25) is 5.02 Å². The van der Waals surface area contributed by atoms with Gasteiger partial charge in [0, 0.05) is 23.8 Å². The summed E-state index contributed by atoms with van der Waals surface area (Å²) in [5.74, 6) is -0.671. The molecule has 0 radical (unpaired) electrons. The number of carboxylic acid groups (broad SMARTS) is 1. The van der Waals surface area contributed by atoms with Gasteiger partial charge in [-0.25, -0.2) is 0 Å². The quantitative estimate of drug-likeness (QED) is 0.321. The number of aliphatic hydroxyl groups excluding tert-OH is 3. The molecule has 1 aliphatic rings. The summed E-state index contributed by atoms with van der Waals surface area (Å²) in [5, 5.41) is 39.8. The van der Waals surface area contributed by atoms with E-state index < -0.39 is 24.3 Å². The Bertz CT molecular complexity index is 704. The van der Waals surface area contributed by atoms with Crippen LogP contribution in [0.4, 0.5) is 0 Å². The van der Waals surface area contributed by atoms with Gasteiger partial charge in [-0.1, -0.05) is 42.0 Å². The summed E-state index contributed by atoms with van der Waals surface area (Å²) in [4.78, 5) is 10.5. The van der Waals surface area contributed by atoms with Crippen molar-refractivity contribution in [2.24, 2.45) is 11.8 Å². The molecule has 6 nitrogen and oxygen atoms in total. The third kappa shape index (κ3) is 8.19. The molecule has 29 heavy (non-hydrogen) atoms. The van der Waals surface area contributed by atoms with Gasteiger partial charge in [0.05, 0.1) is 12.2 Å². The lowest BCUT2D eigenvalue weighted by Crippen LogP contribution is -2.21. The van der Waals surface area contributed by atoms with E-state index >= 15 is 0 Å². The van der Waals surface area contributed by atoms with Crippen LogP contribution >= 0.6 is 11.6 Å². The maximum atomic E-state index is 10.5. The summed E-state index contributed by atoms with van der Waals surface area (Å²) in [6.07, 6.45) is 7.26. The highest BCUT2D eigenvalue weighted by Crippen LogP contribution is 2.36. The molecular formula is C22H29ClO6. The Morgan fingerprint density at radius 3 is 2.79 bits per heavy atom. The van der Waals surface area contributed by atoms with Crippen LogP contribution in [-0.4, -0.2) is 51.3 Å². The molecule has 0 spiro atoms. The molecule has 0 unspecified atom stereocenters. The fraction of sp³-hybridized carbons (Fsp3) is 0.500. The van der Waals surface area contributed by atoms with Crippen molar-refractivity contribution < 1.29 is 30.0 Å². The van der Waals surface area contributed by atoms with E-state index in [-0.39, 0.29) is 24.9 Å². The van der Waals surface area contributed by atoms with E-state index in [2.05, 4.69) is 0 Å². The lowest BCUT2D eigenvalue weighted by molar-refractivity contribution is -0.137. The zero-order valence-electron chi connectivity index (χ0n) is 16.2. The van der Waals surface area contributed by atoms with Crippen molar-refractivity contribution in [2.75, 3.05) is 6.61 Å². The van der Waals surface area contributed by atoms with Gasteiger partial charge in [0.25, 0.3) is 0 Å². The van der Waals surface area contributed by atoms with E-state index in [4.69, 9.17) is 21.4 Å². The molecular weight excluding hydrogens is 396 g/mol. The van der Waals surface area contributed by atoms with Crippen LogP contribution in [0.1, 0.15) is 32.1 Å². The van der Waals surface area contributed by atoms with E-state index in [1.807, 2.05) is 12.2 Å². The molecule has 7 heteroatoms. The van der Waals surface area contributed by atoms with Crippen LogP contribution < -0.4 is 4.74 Å². The van der Waals surface area contributed by atoms with Gasteiger partial charge >= 0.3 is 5.97 Å². The summed E-state index contributed by atoms with van der Waals surface area (Å²) < 4.78 is 5.51. The van der Waals surface area contributed by atoms with Crippen molar-refractivity contribution >= 4 is 17.6 Å². The normalized spacial score (nSPS) is 25.7. The Labute approximate surface area is 176 Å². The zero-order chi connectivity index (χ0) is 21.2. The molecule has 1 fully saturated rings. The van der Waals surface area contributed by atoms with Crippen molar-refractivity contribution in [3.8, 4) is 5.75 Å². The number of halogens is 1. The van der Waals surface area contributed by atoms with Crippen LogP contribution in [0.5, 0.6) is 5.75 Å². The fourth-order valence-corrected chi connectivity index (χ4v) is 3.68. The minimum absolute atomic E-state index is 0.0519. The van der Waals surface area contributed by atoms with Gasteiger partial charge in [-0.2, -0.15) is 0 Å². The lowest BCUT2D eigenvalue weighted by atomic mass is 9.89. The molecule has 160 valence electrons. The number of unbranched alkanes of at least 4 members (excludes halogenated alkanes) is 1. The highest BCUT2D eigenvalue weighted by atomic mass is 35.5. The highest BCUT2D eigenvalue weighted by Gasteiger charge is 2.39. The number of hydrogen-bond donors (Lipinski definition) is 4. The Balaban J connectivity index is 1.83. The molecule has 0 saturated heterocycles. The third-order valence-corrected chi connectivity index (χ3v) is 5.26. The number of ether oxygens (including phenoxy) is 1. The van der Waals surface area contributed by atoms with Crippen LogP contribution in [0, 0.1) is 11.8 Å². The molecule has 0 bridgehead atoms. The first-order chi connectivity index (χ1) is 13.9. The molecule has 1 saturated carbocycles. The topological polar surface area (TPSA) is 107 Å². The second kappa shape index (κ2) is 12.0. The summed E-state index contributed by atoms with van der Waals surface area (Å²) >= 11 is 5.90. The molecule has 5 atom stereocenters. The number of benzene rings is 1. The number of aliphatic hydroxyl groups is 3. The molecule has 0 heterocycles. The third-order valence-electron chi connectivity index (χ3n) is 5.02. The second-order valence-corrected chi connectivity index (χ2v) is 7.76. The smallest absolute Gasteiger partial charge is 0.303 e. The highest BCUT2D eigenvalue weighted by molar-refractivity contribution is 6.30. The van der Waals surface area contributed by atoms with Crippen molar-refractivity contribution in [1.29, 1.82) is 0 Å². The minimum Gasteiger partial charge on any atom is -0.491 e. The second-order valence-electron chi connectivity index (χ2n) is 7.33. The summed E-state index contributed by atoms with van der Waals surface area (Å²) in [6, 6.07) is 6.90. The zero-order valence-corrected chi connectivity index (χ0v) is 17.0. The van der Waals surface area contributed by atoms with Crippen molar-refractivity contribution in [1.82, 2.24) is 0 Å². The standard InChI is InChI=1S/C22H29ClO6/c23-15-6-5-7-17(12-15)29-14-16(24)10-11-19-18(20(25)13-21(19)26)8-3-1-2-4-9-22(27)28/h1,3,5-7,10-12,16,18-21,24-26H,2,4,8-9,13-14H2,(H,27,28)/b3-1+,11-10+/t16-,18-,19-,20-,21-/m1/s1. The Morgan fingerprint density at radius 2 is 2.07 bits per heavy atom. The molecule has 0 aliphatic heterocycles. The van der Waals surface area contributed by atoms with E-state index in [1.165, 1.54) is 0 Å². The SMILES string of the molecule is O=C(O)CCC/C=C/C[C@@H]1[C@@H](/C=C/[C@@H](O)COc2cccc(Cl)c2)[C@H](O)C[C@H]1O. The van der Waals surface area contributed by atoms with E-state index in [1.54, 1.807) is 36.4 Å². The lowest BCUT2D eigenvalue weighted by Gasteiger charge is -2.19. The van der Waals surface area contributed by atoms with Crippen molar-refractivity contribution in [2.45, 2.75) is 50.4 Å². The number of carboxylic acids is 1. The van der Waals surface area contributed by atoms with Crippen LogP contribution in [0.25, 0.3) is 0 Å². The summed E-state index contributed by atoms with van der Waals surface area (Å²) in [6.45, 7) is 0.0519. The molecule has 1 aliphatic carbocycles. The van der Waals surface area contributed by atoms with Crippen molar-refractivity contribution in [3.63, 3.8) is 0 Å². The number of aliphatic carboxylic acids is 1. The Hall–Kier alpha value is -1.86. The van der Waals surface area contributed by atoms with Gasteiger partial charge in [-0.3, -0.25) is 4.79 Å². The molecule has 1 aromatic carbocycles. The molecule has 1 aromatic rings. The monoisotopic (exact) mass is 424 g/mol. The molecule has 4 N–H and O–H groups in total. The van der Waals surface area contributed by atoms with Gasteiger partial charge in [-0.05, 0) is 43.4 Å². The van der Waals surface area contributed by atoms with E-state index in [0.29, 0.717) is 36.5 Å². The average molecular weight is 425 g/mol. The van der Waals surface area contributed by atoms with Crippen LogP contribution in [0.15, 0.2) is 48.6 Å². The first kappa shape index (κ1) is 23.4. The van der Waals surface area contributed by atoms with Gasteiger partial charge in [0.2, 0.25) is 0 Å². The average Bonchev–Trinajstić information content (AvgIpc) is 2.93. The molecule has 0 amide bonds. The van der Waals surface area contributed by atoms with Crippen LogP contribution in [0.3, 0.4) is 0 Å². The molecule has 2 rings (SSSR count). The van der Waals surface area contributed by atoms with Crippen LogP contribution in [-0.2, 0) is 4.79 Å². The van der Waals surface area contributed by atoms with Gasteiger partial charge < -0.3 is 25.2 Å². The summed E-state index contributed by atoms with van der Waals surface area (Å²) in [7, 11) is 0. The number of rotatable bonds is 11. The van der Waals surface area contributed by atoms with E-state index in [0.717, 1.165) is 0 Å². The van der Waals surface area contributed by atoms with Gasteiger partial charge in [0.15, 0.2) is 0 Å². The largest absolute Gasteiger partial charge is 0.491 e. The molecule has 0 aromatic heterocycles. The maximum absolute atomic E-state index is 10.5. The van der Waals surface area contributed by atoms with Crippen molar-refractivity contribution in [3.05, 3.63) is 53.6 Å². The van der Waals surface area contributed by atoms with Gasteiger partial charge in [0.1, 0.15) is 18.5 Å². The number of carbonyl (C=O) groups is 1.